The number of anilines is 1. The molecule has 0 unspecified atom stereocenters. The van der Waals surface area contributed by atoms with Gasteiger partial charge in [-0.15, -0.1) is 11.3 Å². The van der Waals surface area contributed by atoms with Crippen molar-refractivity contribution in [2.45, 2.75) is 12.8 Å². The molecule has 0 aliphatic carbocycles. The number of rotatable bonds is 2. The van der Waals surface area contributed by atoms with Crippen molar-refractivity contribution in [2.75, 3.05) is 5.73 Å². The molecule has 0 atom stereocenters. The molecule has 0 bridgehead atoms. The van der Waals surface area contributed by atoms with E-state index < -0.39 is 5.92 Å². The Morgan fingerprint density at radius 2 is 1.85 bits per heavy atom. The zero-order valence-corrected chi connectivity index (χ0v) is 11.5. The van der Waals surface area contributed by atoms with Gasteiger partial charge < -0.3 is 5.73 Å². The Morgan fingerprint density at radius 1 is 1.15 bits per heavy atom. The van der Waals surface area contributed by atoms with Crippen molar-refractivity contribution in [1.29, 1.82) is 0 Å². The summed E-state index contributed by atoms with van der Waals surface area (Å²) in [6.45, 7) is 0.890. The lowest BCUT2D eigenvalue weighted by Gasteiger charge is -2.11. The third-order valence-corrected chi connectivity index (χ3v) is 3.94. The number of fused-ring (bicyclic) bond motifs is 1. The molecule has 2 aromatic carbocycles. The van der Waals surface area contributed by atoms with Gasteiger partial charge in [-0.1, -0.05) is 24.3 Å². The fourth-order valence-corrected chi connectivity index (χ4v) is 2.90. The first-order chi connectivity index (χ1) is 9.45. The number of hydrogen-bond donors (Lipinski definition) is 1. The van der Waals surface area contributed by atoms with Crippen LogP contribution in [0.5, 0.6) is 0 Å². The lowest BCUT2D eigenvalue weighted by atomic mass is 10.0. The SMILES string of the molecule is CC(F)(F)c1ccc(-c2cc(N)cc3scnc23)cc1. The molecule has 3 aromatic rings. The van der Waals surface area contributed by atoms with E-state index in [1.54, 1.807) is 17.6 Å². The molecule has 5 heteroatoms. The monoisotopic (exact) mass is 290 g/mol. The van der Waals surface area contributed by atoms with Crippen molar-refractivity contribution in [2.24, 2.45) is 0 Å². The molecule has 0 amide bonds. The first-order valence-electron chi connectivity index (χ1n) is 6.06. The number of hydrogen-bond acceptors (Lipinski definition) is 3. The summed E-state index contributed by atoms with van der Waals surface area (Å²) in [7, 11) is 0. The Hall–Kier alpha value is -2.01. The summed E-state index contributed by atoms with van der Waals surface area (Å²) < 4.78 is 27.4. The minimum atomic E-state index is -2.83. The second kappa shape index (κ2) is 4.52. The maximum atomic E-state index is 13.2. The van der Waals surface area contributed by atoms with Crippen LogP contribution in [0.15, 0.2) is 41.9 Å². The first kappa shape index (κ1) is 13.0. The summed E-state index contributed by atoms with van der Waals surface area (Å²) in [6, 6.07) is 9.93. The molecule has 1 heterocycles. The number of nitrogens with zero attached hydrogens (tertiary/aromatic N) is 1. The Bertz CT molecular complexity index is 758. The fraction of sp³-hybridized carbons (Fsp3) is 0.133. The number of nitrogens with two attached hydrogens (primary N) is 1. The quantitative estimate of drug-likeness (QED) is 0.697. The third-order valence-electron chi connectivity index (χ3n) is 3.16. The van der Waals surface area contributed by atoms with Gasteiger partial charge in [0.1, 0.15) is 0 Å². The van der Waals surface area contributed by atoms with Gasteiger partial charge in [-0.05, 0) is 17.7 Å². The van der Waals surface area contributed by atoms with Gasteiger partial charge in [0.05, 0.1) is 15.7 Å². The summed E-state index contributed by atoms with van der Waals surface area (Å²) in [4.78, 5) is 4.32. The minimum absolute atomic E-state index is 0.000301. The molecule has 0 spiro atoms. The summed E-state index contributed by atoms with van der Waals surface area (Å²) in [5, 5.41) is 0. The average Bonchev–Trinajstić information content (AvgIpc) is 2.85. The average molecular weight is 290 g/mol. The van der Waals surface area contributed by atoms with Crippen LogP contribution in [0.2, 0.25) is 0 Å². The van der Waals surface area contributed by atoms with E-state index in [1.165, 1.54) is 23.5 Å². The second-order valence-corrected chi connectivity index (χ2v) is 5.62. The molecule has 0 aliphatic rings. The molecule has 2 nitrogen and oxygen atoms in total. The highest BCUT2D eigenvalue weighted by Crippen LogP contribution is 2.34. The van der Waals surface area contributed by atoms with Gasteiger partial charge >= 0.3 is 0 Å². The molecule has 1 aromatic heterocycles. The predicted octanol–water partition coefficient (Wildman–Crippen LogP) is 4.66. The van der Waals surface area contributed by atoms with Gasteiger partial charge in [-0.3, -0.25) is 0 Å². The van der Waals surface area contributed by atoms with Crippen LogP contribution in [0.1, 0.15) is 12.5 Å². The fourth-order valence-electron chi connectivity index (χ4n) is 2.15. The number of benzene rings is 2. The van der Waals surface area contributed by atoms with E-state index in [9.17, 15) is 8.78 Å². The summed E-state index contributed by atoms with van der Waals surface area (Å²) in [5.74, 6) is -2.83. The maximum Gasteiger partial charge on any atom is 0.270 e. The lowest BCUT2D eigenvalue weighted by Crippen LogP contribution is -2.06. The lowest BCUT2D eigenvalue weighted by molar-refractivity contribution is 0.0175. The summed E-state index contributed by atoms with van der Waals surface area (Å²) in [6.07, 6.45) is 0. The van der Waals surface area contributed by atoms with E-state index >= 15 is 0 Å². The van der Waals surface area contributed by atoms with E-state index in [2.05, 4.69) is 4.98 Å². The molecule has 0 fully saturated rings. The van der Waals surface area contributed by atoms with Crippen LogP contribution in [0.3, 0.4) is 0 Å². The van der Waals surface area contributed by atoms with Crippen LogP contribution in [-0.2, 0) is 5.92 Å². The number of thiazole rings is 1. The Morgan fingerprint density at radius 3 is 2.50 bits per heavy atom. The summed E-state index contributed by atoms with van der Waals surface area (Å²) >= 11 is 1.51. The normalized spacial score (nSPS) is 11.9. The van der Waals surface area contributed by atoms with Crippen LogP contribution in [0, 0.1) is 0 Å². The van der Waals surface area contributed by atoms with Crippen molar-refractivity contribution in [1.82, 2.24) is 4.98 Å². The zero-order chi connectivity index (χ0) is 14.3. The Balaban J connectivity index is 2.14. The molecule has 3 rings (SSSR count). The van der Waals surface area contributed by atoms with E-state index in [4.69, 9.17) is 5.73 Å². The van der Waals surface area contributed by atoms with Gasteiger partial charge in [0.25, 0.3) is 5.92 Å². The molecular weight excluding hydrogens is 278 g/mol. The van der Waals surface area contributed by atoms with Crippen molar-refractivity contribution in [3.05, 3.63) is 47.5 Å². The van der Waals surface area contributed by atoms with Crippen LogP contribution in [0.4, 0.5) is 14.5 Å². The zero-order valence-electron chi connectivity index (χ0n) is 10.7. The van der Waals surface area contributed by atoms with Gasteiger partial charge in [0, 0.05) is 23.7 Å². The van der Waals surface area contributed by atoms with Crippen molar-refractivity contribution in [3.8, 4) is 11.1 Å². The molecule has 102 valence electrons. The topological polar surface area (TPSA) is 38.9 Å². The Labute approximate surface area is 118 Å². The van der Waals surface area contributed by atoms with Gasteiger partial charge in [0.15, 0.2) is 0 Å². The van der Waals surface area contributed by atoms with Crippen LogP contribution < -0.4 is 5.73 Å². The smallest absolute Gasteiger partial charge is 0.270 e. The number of nitrogen functional groups attached to an aromatic ring is 1. The van der Waals surface area contributed by atoms with Crippen LogP contribution >= 0.6 is 11.3 Å². The Kier molecular flexibility index (Phi) is 2.94. The molecule has 0 radical (unpaired) electrons. The molecule has 0 saturated carbocycles. The van der Waals surface area contributed by atoms with Crippen molar-refractivity contribution in [3.63, 3.8) is 0 Å². The number of alkyl halides is 2. The second-order valence-electron chi connectivity index (χ2n) is 4.73. The maximum absolute atomic E-state index is 13.2. The molecular formula is C15H12F2N2S. The van der Waals surface area contributed by atoms with Gasteiger partial charge in [0.2, 0.25) is 0 Å². The van der Waals surface area contributed by atoms with E-state index in [0.29, 0.717) is 5.69 Å². The summed E-state index contributed by atoms with van der Waals surface area (Å²) in [5.41, 5.74) is 10.8. The molecule has 0 aliphatic heterocycles. The highest BCUT2D eigenvalue weighted by molar-refractivity contribution is 7.16. The highest BCUT2D eigenvalue weighted by atomic mass is 32.1. The molecule has 0 saturated heterocycles. The predicted molar refractivity (Wildman–Crippen MR) is 79.0 cm³/mol. The largest absolute Gasteiger partial charge is 0.399 e. The standard InChI is InChI=1S/C15H12F2N2S/c1-15(16,17)10-4-2-9(3-5-10)12-6-11(18)7-13-14(12)19-8-20-13/h2-8H,18H2,1H3. The van der Waals surface area contributed by atoms with Crippen molar-refractivity contribution >= 4 is 27.2 Å². The molecule has 20 heavy (non-hydrogen) atoms. The van der Waals surface area contributed by atoms with Crippen LogP contribution in [0.25, 0.3) is 21.3 Å². The van der Waals surface area contributed by atoms with E-state index in [1.807, 2.05) is 12.1 Å². The van der Waals surface area contributed by atoms with Gasteiger partial charge in [-0.25, -0.2) is 13.8 Å². The highest BCUT2D eigenvalue weighted by Gasteiger charge is 2.23. The molecule has 2 N–H and O–H groups in total. The van der Waals surface area contributed by atoms with Gasteiger partial charge in [-0.2, -0.15) is 0 Å². The number of halogens is 2. The van der Waals surface area contributed by atoms with E-state index in [-0.39, 0.29) is 5.56 Å². The van der Waals surface area contributed by atoms with Crippen molar-refractivity contribution < 1.29 is 8.78 Å². The number of aromatic nitrogens is 1. The van der Waals surface area contributed by atoms with E-state index in [0.717, 1.165) is 28.3 Å². The third kappa shape index (κ3) is 2.25. The van der Waals surface area contributed by atoms with Crippen LogP contribution in [-0.4, -0.2) is 4.98 Å². The first-order valence-corrected chi connectivity index (χ1v) is 6.94. The minimum Gasteiger partial charge on any atom is -0.399 e.